The summed E-state index contributed by atoms with van der Waals surface area (Å²) in [6, 6.07) is 21.2. The molecule has 2 aromatic carbocycles. The van der Waals surface area contributed by atoms with Crippen LogP contribution in [0.3, 0.4) is 0 Å². The maximum atomic E-state index is 5.00. The number of hydrogen-bond acceptors (Lipinski definition) is 4. The molecule has 0 aliphatic carbocycles. The van der Waals surface area contributed by atoms with E-state index in [9.17, 15) is 0 Å². The number of fused-ring (bicyclic) bond motifs is 2. The van der Waals surface area contributed by atoms with Gasteiger partial charge < -0.3 is 15.2 Å². The zero-order valence-corrected chi connectivity index (χ0v) is 18.2. The summed E-state index contributed by atoms with van der Waals surface area (Å²) in [5.74, 6) is 2.66. The van der Waals surface area contributed by atoms with E-state index in [1.54, 1.807) is 0 Å². The smallest absolute Gasteiger partial charge is 0.228 e. The molecule has 2 N–H and O–H groups in total. The third-order valence-electron chi connectivity index (χ3n) is 6.32. The number of aromatic nitrogens is 3. The number of para-hydroxylation sites is 1. The fourth-order valence-corrected chi connectivity index (χ4v) is 4.50. The van der Waals surface area contributed by atoms with E-state index < -0.39 is 0 Å². The molecule has 0 saturated heterocycles. The molecule has 4 aromatic rings. The zero-order chi connectivity index (χ0) is 21.2. The molecule has 0 saturated carbocycles. The Balaban J connectivity index is 1.45. The van der Waals surface area contributed by atoms with Crippen molar-refractivity contribution in [3.05, 3.63) is 83.7 Å². The molecule has 1 atom stereocenters. The lowest BCUT2D eigenvalue weighted by molar-refractivity contribution is 0.516. The van der Waals surface area contributed by atoms with Crippen LogP contribution in [0.1, 0.15) is 36.6 Å². The molecule has 0 bridgehead atoms. The molecule has 5 rings (SSSR count). The Kier molecular flexibility index (Phi) is 5.33. The summed E-state index contributed by atoms with van der Waals surface area (Å²) in [7, 11) is 0. The van der Waals surface area contributed by atoms with E-state index in [4.69, 9.17) is 9.97 Å². The summed E-state index contributed by atoms with van der Waals surface area (Å²) in [5, 5.41) is 4.75. The summed E-state index contributed by atoms with van der Waals surface area (Å²) < 4.78 is 0. The van der Waals surface area contributed by atoms with Crippen LogP contribution in [0.15, 0.2) is 66.9 Å². The molecular formula is C26H29N5. The quantitative estimate of drug-likeness (QED) is 0.448. The lowest BCUT2D eigenvalue weighted by Crippen LogP contribution is -2.31. The Hall–Kier alpha value is -3.34. The van der Waals surface area contributed by atoms with Gasteiger partial charge in [0.2, 0.25) is 5.95 Å². The summed E-state index contributed by atoms with van der Waals surface area (Å²) in [5.41, 5.74) is 5.01. The number of hydrogen-bond donors (Lipinski definition) is 2. The van der Waals surface area contributed by atoms with Crippen LogP contribution in [-0.2, 0) is 13.0 Å². The second-order valence-electron chi connectivity index (χ2n) is 8.68. The molecule has 1 unspecified atom stereocenters. The van der Waals surface area contributed by atoms with Crippen LogP contribution in [0.5, 0.6) is 0 Å². The molecule has 1 aliphatic rings. The van der Waals surface area contributed by atoms with E-state index in [0.29, 0.717) is 11.8 Å². The molecule has 0 spiro atoms. The first-order valence-corrected chi connectivity index (χ1v) is 11.1. The lowest BCUT2D eigenvalue weighted by atomic mass is 9.88. The van der Waals surface area contributed by atoms with E-state index in [1.807, 2.05) is 12.3 Å². The first kappa shape index (κ1) is 19.6. The van der Waals surface area contributed by atoms with Gasteiger partial charge in [0, 0.05) is 49.2 Å². The SMILES string of the molecule is CC(C)C(CNc1nc(N2CCc3[nH]ccc3C2)nc2ccccc12)c1ccccc1. The molecule has 31 heavy (non-hydrogen) atoms. The Morgan fingerprint density at radius 3 is 2.65 bits per heavy atom. The second kappa shape index (κ2) is 8.42. The highest BCUT2D eigenvalue weighted by Gasteiger charge is 2.21. The number of nitrogens with one attached hydrogen (secondary N) is 2. The van der Waals surface area contributed by atoms with Gasteiger partial charge in [0.05, 0.1) is 5.52 Å². The highest BCUT2D eigenvalue weighted by Crippen LogP contribution is 2.29. The number of aromatic amines is 1. The predicted molar refractivity (Wildman–Crippen MR) is 128 cm³/mol. The average Bonchev–Trinajstić information content (AvgIpc) is 3.27. The van der Waals surface area contributed by atoms with Crippen molar-refractivity contribution >= 4 is 22.7 Å². The highest BCUT2D eigenvalue weighted by molar-refractivity contribution is 5.90. The lowest BCUT2D eigenvalue weighted by Gasteiger charge is -2.28. The first-order chi connectivity index (χ1) is 15.2. The Morgan fingerprint density at radius 2 is 1.81 bits per heavy atom. The van der Waals surface area contributed by atoms with Gasteiger partial charge in [0.1, 0.15) is 5.82 Å². The fourth-order valence-electron chi connectivity index (χ4n) is 4.50. The highest BCUT2D eigenvalue weighted by atomic mass is 15.3. The maximum Gasteiger partial charge on any atom is 0.228 e. The van der Waals surface area contributed by atoms with E-state index in [0.717, 1.165) is 48.7 Å². The Morgan fingerprint density at radius 1 is 1.00 bits per heavy atom. The number of H-pyrrole nitrogens is 1. The largest absolute Gasteiger partial charge is 0.369 e. The molecule has 5 nitrogen and oxygen atoms in total. The average molecular weight is 412 g/mol. The van der Waals surface area contributed by atoms with Gasteiger partial charge in [-0.3, -0.25) is 0 Å². The third kappa shape index (κ3) is 4.00. The number of anilines is 2. The summed E-state index contributed by atoms with van der Waals surface area (Å²) in [4.78, 5) is 15.5. The molecular weight excluding hydrogens is 382 g/mol. The predicted octanol–water partition coefficient (Wildman–Crippen LogP) is 5.37. The van der Waals surface area contributed by atoms with Crippen LogP contribution < -0.4 is 10.2 Å². The van der Waals surface area contributed by atoms with Crippen molar-refractivity contribution < 1.29 is 0 Å². The van der Waals surface area contributed by atoms with E-state index in [-0.39, 0.29) is 0 Å². The monoisotopic (exact) mass is 411 g/mol. The standard InChI is InChI=1S/C26H29N5/c1-18(2)22(19-8-4-3-5-9-19)16-28-25-21-10-6-7-11-24(21)29-26(30-25)31-15-13-23-20(17-31)12-14-27-23/h3-12,14,18,22,27H,13,15-17H2,1-2H3,(H,28,29,30). The topological polar surface area (TPSA) is 56.8 Å². The Bertz CT molecular complexity index is 1160. The van der Waals surface area contributed by atoms with Crippen LogP contribution >= 0.6 is 0 Å². The van der Waals surface area contributed by atoms with Crippen LogP contribution in [-0.4, -0.2) is 28.0 Å². The van der Waals surface area contributed by atoms with Crippen molar-refractivity contribution in [3.63, 3.8) is 0 Å². The van der Waals surface area contributed by atoms with Gasteiger partial charge in [-0.05, 0) is 35.2 Å². The van der Waals surface area contributed by atoms with Gasteiger partial charge in [0.15, 0.2) is 0 Å². The van der Waals surface area contributed by atoms with Crippen molar-refractivity contribution in [3.8, 4) is 0 Å². The molecule has 0 radical (unpaired) electrons. The molecule has 158 valence electrons. The fraction of sp³-hybridized carbons (Fsp3) is 0.308. The molecule has 1 aliphatic heterocycles. The van der Waals surface area contributed by atoms with Crippen LogP contribution in [0.2, 0.25) is 0 Å². The van der Waals surface area contributed by atoms with E-state index >= 15 is 0 Å². The minimum atomic E-state index is 0.413. The van der Waals surface area contributed by atoms with Crippen molar-refractivity contribution in [2.45, 2.75) is 32.7 Å². The summed E-state index contributed by atoms with van der Waals surface area (Å²) in [6.07, 6.45) is 3.02. The Labute approximate surface area is 183 Å². The van der Waals surface area contributed by atoms with Crippen molar-refractivity contribution in [1.82, 2.24) is 15.0 Å². The third-order valence-corrected chi connectivity index (χ3v) is 6.32. The molecule has 5 heteroatoms. The number of rotatable bonds is 6. The number of nitrogens with zero attached hydrogens (tertiary/aromatic N) is 3. The zero-order valence-electron chi connectivity index (χ0n) is 18.2. The van der Waals surface area contributed by atoms with Crippen molar-refractivity contribution in [1.29, 1.82) is 0 Å². The molecule has 3 heterocycles. The van der Waals surface area contributed by atoms with Crippen LogP contribution in [0.25, 0.3) is 10.9 Å². The summed E-state index contributed by atoms with van der Waals surface area (Å²) >= 11 is 0. The van der Waals surface area contributed by atoms with Crippen LogP contribution in [0.4, 0.5) is 11.8 Å². The molecule has 0 fully saturated rings. The number of benzene rings is 2. The van der Waals surface area contributed by atoms with Crippen LogP contribution in [0, 0.1) is 5.92 Å². The van der Waals surface area contributed by atoms with Crippen molar-refractivity contribution in [2.75, 3.05) is 23.3 Å². The second-order valence-corrected chi connectivity index (χ2v) is 8.68. The van der Waals surface area contributed by atoms with Crippen molar-refractivity contribution in [2.24, 2.45) is 5.92 Å². The van der Waals surface area contributed by atoms with Gasteiger partial charge >= 0.3 is 0 Å². The van der Waals surface area contributed by atoms with Gasteiger partial charge in [0.25, 0.3) is 0 Å². The first-order valence-electron chi connectivity index (χ1n) is 11.1. The van der Waals surface area contributed by atoms with Gasteiger partial charge in [-0.1, -0.05) is 56.3 Å². The van der Waals surface area contributed by atoms with Gasteiger partial charge in [-0.2, -0.15) is 4.98 Å². The minimum Gasteiger partial charge on any atom is -0.369 e. The minimum absolute atomic E-state index is 0.413. The summed E-state index contributed by atoms with van der Waals surface area (Å²) in [6.45, 7) is 7.17. The van der Waals surface area contributed by atoms with E-state index in [2.05, 4.69) is 83.6 Å². The van der Waals surface area contributed by atoms with E-state index in [1.165, 1.54) is 16.8 Å². The van der Waals surface area contributed by atoms with Gasteiger partial charge in [-0.15, -0.1) is 0 Å². The maximum absolute atomic E-state index is 5.00. The normalized spacial score (nSPS) is 14.6. The van der Waals surface area contributed by atoms with Gasteiger partial charge in [-0.25, -0.2) is 4.98 Å². The molecule has 2 aromatic heterocycles. The molecule has 0 amide bonds.